The first kappa shape index (κ1) is 22.4. The van der Waals surface area contributed by atoms with Crippen LogP contribution in [0, 0.1) is 0 Å². The predicted octanol–water partition coefficient (Wildman–Crippen LogP) is 2.07. The van der Waals surface area contributed by atoms with Gasteiger partial charge in [0.15, 0.2) is 11.5 Å². The second kappa shape index (κ2) is 9.23. The Morgan fingerprint density at radius 1 is 1.06 bits per heavy atom. The van der Waals surface area contributed by atoms with E-state index in [4.69, 9.17) is 14.2 Å². The molecule has 2 fully saturated rings. The number of benzene rings is 1. The Morgan fingerprint density at radius 2 is 1.71 bits per heavy atom. The molecule has 0 aromatic heterocycles. The number of esters is 1. The van der Waals surface area contributed by atoms with E-state index in [1.165, 1.54) is 33.5 Å². The zero-order valence-electron chi connectivity index (χ0n) is 17.9. The molecule has 0 unspecified atom stereocenters. The molecule has 168 valence electrons. The van der Waals surface area contributed by atoms with Gasteiger partial charge >= 0.3 is 12.0 Å². The number of anilines is 1. The lowest BCUT2D eigenvalue weighted by Crippen LogP contribution is -2.48. The lowest BCUT2D eigenvalue weighted by atomic mass is 9.82. The van der Waals surface area contributed by atoms with Gasteiger partial charge in [-0.15, -0.1) is 0 Å². The SMILES string of the molecule is COC(=O)c1cc(OC)c(OC)cc1NC(=O)CCN1C(=O)NC2(CCCCC2)C1=O. The largest absolute Gasteiger partial charge is 0.493 e. The maximum absolute atomic E-state index is 12.8. The summed E-state index contributed by atoms with van der Waals surface area (Å²) in [4.78, 5) is 50.9. The Hall–Kier alpha value is -3.30. The number of ether oxygens (including phenoxy) is 3. The lowest BCUT2D eigenvalue weighted by Gasteiger charge is -2.30. The van der Waals surface area contributed by atoms with Crippen LogP contribution in [0.2, 0.25) is 0 Å². The first-order valence-electron chi connectivity index (χ1n) is 10.1. The lowest BCUT2D eigenvalue weighted by molar-refractivity contribution is -0.132. The van der Waals surface area contributed by atoms with Gasteiger partial charge in [-0.3, -0.25) is 14.5 Å². The molecule has 0 radical (unpaired) electrons. The second-order valence-electron chi connectivity index (χ2n) is 7.57. The predicted molar refractivity (Wildman–Crippen MR) is 110 cm³/mol. The minimum Gasteiger partial charge on any atom is -0.493 e. The topological polar surface area (TPSA) is 123 Å². The third-order valence-electron chi connectivity index (χ3n) is 5.72. The smallest absolute Gasteiger partial charge is 0.340 e. The third-order valence-corrected chi connectivity index (χ3v) is 5.72. The number of rotatable bonds is 7. The van der Waals surface area contributed by atoms with Crippen LogP contribution in [0.5, 0.6) is 11.5 Å². The number of carbonyl (C=O) groups excluding carboxylic acids is 4. The maximum Gasteiger partial charge on any atom is 0.340 e. The van der Waals surface area contributed by atoms with Crippen LogP contribution in [0.1, 0.15) is 48.9 Å². The van der Waals surface area contributed by atoms with Crippen molar-refractivity contribution < 1.29 is 33.4 Å². The number of carbonyl (C=O) groups is 4. The zero-order valence-corrected chi connectivity index (χ0v) is 17.9. The Morgan fingerprint density at radius 3 is 2.32 bits per heavy atom. The fourth-order valence-electron chi connectivity index (χ4n) is 4.06. The Kier molecular flexibility index (Phi) is 6.67. The van der Waals surface area contributed by atoms with E-state index in [1.807, 2.05) is 0 Å². The molecular formula is C21H27N3O7. The van der Waals surface area contributed by atoms with Crippen molar-refractivity contribution in [2.75, 3.05) is 33.2 Å². The van der Waals surface area contributed by atoms with Gasteiger partial charge in [-0.25, -0.2) is 9.59 Å². The number of hydrogen-bond donors (Lipinski definition) is 2. The molecule has 31 heavy (non-hydrogen) atoms. The second-order valence-corrected chi connectivity index (χ2v) is 7.57. The van der Waals surface area contributed by atoms with Gasteiger partial charge in [-0.1, -0.05) is 19.3 Å². The number of amides is 4. The highest BCUT2D eigenvalue weighted by Gasteiger charge is 2.51. The molecule has 4 amide bonds. The van der Waals surface area contributed by atoms with Crippen LogP contribution in [-0.4, -0.2) is 62.1 Å². The molecular weight excluding hydrogens is 406 g/mol. The number of urea groups is 1. The summed E-state index contributed by atoms with van der Waals surface area (Å²) in [6.45, 7) is -0.0565. The van der Waals surface area contributed by atoms with Crippen molar-refractivity contribution in [2.45, 2.75) is 44.1 Å². The van der Waals surface area contributed by atoms with E-state index in [9.17, 15) is 19.2 Å². The summed E-state index contributed by atoms with van der Waals surface area (Å²) in [7, 11) is 4.08. The summed E-state index contributed by atoms with van der Waals surface area (Å²) in [6.07, 6.45) is 3.93. The van der Waals surface area contributed by atoms with Crippen molar-refractivity contribution in [2.24, 2.45) is 0 Å². The minimum atomic E-state index is -0.826. The van der Waals surface area contributed by atoms with Crippen LogP contribution in [0.4, 0.5) is 10.5 Å². The molecule has 1 aliphatic heterocycles. The van der Waals surface area contributed by atoms with Crippen molar-refractivity contribution in [3.63, 3.8) is 0 Å². The number of methoxy groups -OCH3 is 3. The van der Waals surface area contributed by atoms with Gasteiger partial charge < -0.3 is 24.8 Å². The molecule has 0 atom stereocenters. The number of hydrogen-bond acceptors (Lipinski definition) is 7. The normalized spacial score (nSPS) is 17.3. The van der Waals surface area contributed by atoms with E-state index in [-0.39, 0.29) is 30.1 Å². The van der Waals surface area contributed by atoms with Gasteiger partial charge in [0.1, 0.15) is 5.54 Å². The molecule has 1 spiro atoms. The maximum atomic E-state index is 12.8. The summed E-state index contributed by atoms with van der Waals surface area (Å²) in [5.74, 6) is -0.782. The Labute approximate surface area is 180 Å². The minimum absolute atomic E-state index is 0.0565. The van der Waals surface area contributed by atoms with E-state index in [2.05, 4.69) is 10.6 Å². The van der Waals surface area contributed by atoms with E-state index in [0.717, 1.165) is 24.2 Å². The molecule has 1 heterocycles. The molecule has 3 rings (SSSR count). The first-order chi connectivity index (χ1) is 14.8. The van der Waals surface area contributed by atoms with Crippen LogP contribution in [0.25, 0.3) is 0 Å². The fourth-order valence-corrected chi connectivity index (χ4v) is 4.06. The molecule has 1 aromatic rings. The monoisotopic (exact) mass is 433 g/mol. The van der Waals surface area contributed by atoms with Crippen LogP contribution in [-0.2, 0) is 14.3 Å². The quantitative estimate of drug-likeness (QED) is 0.498. The van der Waals surface area contributed by atoms with E-state index >= 15 is 0 Å². The first-order valence-corrected chi connectivity index (χ1v) is 10.1. The number of imide groups is 1. The van der Waals surface area contributed by atoms with Crippen LogP contribution < -0.4 is 20.1 Å². The van der Waals surface area contributed by atoms with E-state index in [1.54, 1.807) is 0 Å². The third kappa shape index (κ3) is 4.42. The molecule has 1 aromatic carbocycles. The standard InChI is InChI=1S/C21H27N3O7/c1-29-15-11-13(18(26)31-3)14(12-16(15)30-2)22-17(25)7-10-24-19(27)21(23-20(24)28)8-5-4-6-9-21/h11-12H,4-10H2,1-3H3,(H,22,25)(H,23,28). The van der Waals surface area contributed by atoms with E-state index < -0.39 is 23.4 Å². The van der Waals surface area contributed by atoms with Gasteiger partial charge in [0, 0.05) is 25.1 Å². The molecule has 10 nitrogen and oxygen atoms in total. The van der Waals surface area contributed by atoms with Gasteiger partial charge in [0.2, 0.25) is 5.91 Å². The van der Waals surface area contributed by atoms with Crippen molar-refractivity contribution in [3.8, 4) is 11.5 Å². The fraction of sp³-hybridized carbons (Fsp3) is 0.524. The van der Waals surface area contributed by atoms with Gasteiger partial charge in [-0.05, 0) is 12.8 Å². The van der Waals surface area contributed by atoms with Crippen LogP contribution >= 0.6 is 0 Å². The van der Waals surface area contributed by atoms with Crippen molar-refractivity contribution in [1.82, 2.24) is 10.2 Å². The molecule has 1 saturated heterocycles. The summed E-state index contributed by atoms with van der Waals surface area (Å²) in [6, 6.07) is 2.39. The number of nitrogens with one attached hydrogen (secondary N) is 2. The molecule has 1 saturated carbocycles. The van der Waals surface area contributed by atoms with Gasteiger partial charge in [-0.2, -0.15) is 0 Å². The van der Waals surface area contributed by atoms with Crippen LogP contribution in [0.3, 0.4) is 0 Å². The van der Waals surface area contributed by atoms with Crippen LogP contribution in [0.15, 0.2) is 12.1 Å². The zero-order chi connectivity index (χ0) is 22.6. The van der Waals surface area contributed by atoms with Gasteiger partial charge in [0.05, 0.1) is 32.6 Å². The highest BCUT2D eigenvalue weighted by molar-refractivity contribution is 6.07. The van der Waals surface area contributed by atoms with Crippen molar-refractivity contribution >= 4 is 29.5 Å². The highest BCUT2D eigenvalue weighted by Crippen LogP contribution is 2.35. The number of nitrogens with zero attached hydrogens (tertiary/aromatic N) is 1. The van der Waals surface area contributed by atoms with Crippen molar-refractivity contribution in [1.29, 1.82) is 0 Å². The van der Waals surface area contributed by atoms with E-state index in [0.29, 0.717) is 24.3 Å². The Balaban J connectivity index is 1.70. The molecule has 1 aliphatic carbocycles. The summed E-state index contributed by atoms with van der Waals surface area (Å²) < 4.78 is 15.2. The highest BCUT2D eigenvalue weighted by atomic mass is 16.5. The van der Waals surface area contributed by atoms with Crippen molar-refractivity contribution in [3.05, 3.63) is 17.7 Å². The summed E-state index contributed by atoms with van der Waals surface area (Å²) >= 11 is 0. The Bertz CT molecular complexity index is 893. The molecule has 0 bridgehead atoms. The molecule has 2 aliphatic rings. The molecule has 10 heteroatoms. The average molecular weight is 433 g/mol. The summed E-state index contributed by atoms with van der Waals surface area (Å²) in [5.41, 5.74) is -0.562. The average Bonchev–Trinajstić information content (AvgIpc) is 3.00. The summed E-state index contributed by atoms with van der Waals surface area (Å²) in [5, 5.41) is 5.45. The molecule has 2 N–H and O–H groups in total. The van der Waals surface area contributed by atoms with Gasteiger partial charge in [0.25, 0.3) is 5.91 Å².